The van der Waals surface area contributed by atoms with Crippen molar-refractivity contribution in [3.63, 3.8) is 0 Å². The van der Waals surface area contributed by atoms with Crippen LogP contribution in [0.3, 0.4) is 0 Å². The lowest BCUT2D eigenvalue weighted by Gasteiger charge is -2.07. The van der Waals surface area contributed by atoms with E-state index in [1.807, 2.05) is 12.1 Å². The van der Waals surface area contributed by atoms with Gasteiger partial charge in [-0.1, -0.05) is 33.8 Å². The highest BCUT2D eigenvalue weighted by molar-refractivity contribution is 5.92. The van der Waals surface area contributed by atoms with Crippen molar-refractivity contribution in [2.24, 2.45) is 16.7 Å². The predicted molar refractivity (Wildman–Crippen MR) is 77.2 cm³/mol. The van der Waals surface area contributed by atoms with Crippen LogP contribution in [0.5, 0.6) is 0 Å². The molecule has 1 aliphatic carbocycles. The van der Waals surface area contributed by atoms with Gasteiger partial charge in [-0.05, 0) is 28.9 Å². The summed E-state index contributed by atoms with van der Waals surface area (Å²) in [5.41, 5.74) is 1.05. The molecule has 2 N–H and O–H groups in total. The van der Waals surface area contributed by atoms with Gasteiger partial charge < -0.3 is 10.6 Å². The number of hydrogen-bond acceptors (Lipinski definition) is 3. The Morgan fingerprint density at radius 1 is 1.26 bits per heavy atom. The first-order valence-corrected chi connectivity index (χ1v) is 6.73. The van der Waals surface area contributed by atoms with Gasteiger partial charge in [-0.15, -0.1) is 0 Å². The second-order valence-electron chi connectivity index (χ2n) is 6.36. The summed E-state index contributed by atoms with van der Waals surface area (Å²) >= 11 is 0. The third-order valence-electron chi connectivity index (χ3n) is 5.02. The minimum Gasteiger partial charge on any atom is -0.373 e. The van der Waals surface area contributed by atoms with E-state index in [0.717, 1.165) is 0 Å². The van der Waals surface area contributed by atoms with Gasteiger partial charge in [-0.25, -0.2) is 4.98 Å². The summed E-state index contributed by atoms with van der Waals surface area (Å²) in [5.74, 6) is 1.13. The number of carbonyl (C=O) groups excluding carboxylic acids is 1. The first-order chi connectivity index (χ1) is 8.80. The van der Waals surface area contributed by atoms with Gasteiger partial charge in [-0.3, -0.25) is 4.79 Å². The number of rotatable bonds is 4. The number of hydrogen-bond donors (Lipinski definition) is 2. The average molecular weight is 261 g/mol. The largest absolute Gasteiger partial charge is 0.373 e. The van der Waals surface area contributed by atoms with Gasteiger partial charge in [-0.2, -0.15) is 0 Å². The zero-order chi connectivity index (χ0) is 14.3. The van der Waals surface area contributed by atoms with Crippen molar-refractivity contribution in [1.29, 1.82) is 0 Å². The van der Waals surface area contributed by atoms with Crippen LogP contribution >= 0.6 is 0 Å². The monoisotopic (exact) mass is 261 g/mol. The highest BCUT2D eigenvalue weighted by Crippen LogP contribution is 2.67. The number of aromatic nitrogens is 1. The molecule has 1 aromatic rings. The van der Waals surface area contributed by atoms with Crippen LogP contribution in [0.1, 0.15) is 38.2 Å². The van der Waals surface area contributed by atoms with Crippen molar-refractivity contribution in [3.05, 3.63) is 23.9 Å². The van der Waals surface area contributed by atoms with E-state index < -0.39 is 0 Å². The minimum atomic E-state index is -0.101. The van der Waals surface area contributed by atoms with E-state index in [9.17, 15) is 4.79 Å². The van der Waals surface area contributed by atoms with Crippen molar-refractivity contribution in [3.8, 4) is 0 Å². The molecule has 0 radical (unpaired) electrons. The Hall–Kier alpha value is -1.58. The molecule has 0 unspecified atom stereocenters. The molecule has 1 aliphatic rings. The lowest BCUT2D eigenvalue weighted by molar-refractivity contribution is 0.0945. The van der Waals surface area contributed by atoms with Crippen LogP contribution in [0.4, 0.5) is 5.82 Å². The van der Waals surface area contributed by atoms with Crippen LogP contribution in [0.15, 0.2) is 18.2 Å². The number of pyridine rings is 1. The normalized spacial score (nSPS) is 19.8. The standard InChI is InChI=1S/C15H23N3O/c1-14(2)11(15(14,3)4)9-17-13(19)10-7-6-8-12(16-5)18-10/h6-8,11H,9H2,1-5H3,(H,16,18)(H,17,19). The summed E-state index contributed by atoms with van der Waals surface area (Å²) < 4.78 is 0. The molecule has 0 aliphatic heterocycles. The average Bonchev–Trinajstić information content (AvgIpc) is 2.77. The lowest BCUT2D eigenvalue weighted by Crippen LogP contribution is -2.28. The van der Waals surface area contributed by atoms with Crippen molar-refractivity contribution >= 4 is 11.7 Å². The first kappa shape index (κ1) is 13.8. The van der Waals surface area contributed by atoms with Crippen LogP contribution in [-0.2, 0) is 0 Å². The summed E-state index contributed by atoms with van der Waals surface area (Å²) in [5, 5.41) is 5.93. The Morgan fingerprint density at radius 3 is 2.42 bits per heavy atom. The number of anilines is 1. The van der Waals surface area contributed by atoms with Gasteiger partial charge in [0.05, 0.1) is 0 Å². The molecule has 0 saturated heterocycles. The molecule has 1 aromatic heterocycles. The molecule has 1 fully saturated rings. The molecule has 0 atom stereocenters. The highest BCUT2D eigenvalue weighted by atomic mass is 16.1. The maximum absolute atomic E-state index is 12.1. The molecule has 1 heterocycles. The second kappa shape index (κ2) is 4.51. The van der Waals surface area contributed by atoms with Gasteiger partial charge in [0.1, 0.15) is 11.5 Å². The van der Waals surface area contributed by atoms with Crippen molar-refractivity contribution < 1.29 is 4.79 Å². The molecular formula is C15H23N3O. The van der Waals surface area contributed by atoms with Crippen LogP contribution in [0.25, 0.3) is 0 Å². The van der Waals surface area contributed by atoms with Gasteiger partial charge in [0.15, 0.2) is 0 Å². The van der Waals surface area contributed by atoms with E-state index in [-0.39, 0.29) is 5.91 Å². The lowest BCUT2D eigenvalue weighted by atomic mass is 10.0. The molecule has 0 bridgehead atoms. The van der Waals surface area contributed by atoms with E-state index >= 15 is 0 Å². The quantitative estimate of drug-likeness (QED) is 0.875. The van der Waals surface area contributed by atoms with Gasteiger partial charge in [0.25, 0.3) is 5.91 Å². The molecule has 4 nitrogen and oxygen atoms in total. The molecule has 19 heavy (non-hydrogen) atoms. The molecule has 104 valence electrons. The number of nitrogens with one attached hydrogen (secondary N) is 2. The molecule has 4 heteroatoms. The smallest absolute Gasteiger partial charge is 0.269 e. The maximum Gasteiger partial charge on any atom is 0.269 e. The van der Waals surface area contributed by atoms with E-state index in [0.29, 0.717) is 34.8 Å². The summed E-state index contributed by atoms with van der Waals surface area (Å²) in [4.78, 5) is 16.3. The third kappa shape index (κ3) is 2.31. The zero-order valence-corrected chi connectivity index (χ0v) is 12.4. The molecule has 0 spiro atoms. The summed E-state index contributed by atoms with van der Waals surface area (Å²) in [6.07, 6.45) is 0. The Bertz CT molecular complexity index is 480. The van der Waals surface area contributed by atoms with Crippen LogP contribution < -0.4 is 10.6 Å². The van der Waals surface area contributed by atoms with Crippen molar-refractivity contribution in [2.75, 3.05) is 18.9 Å². The van der Waals surface area contributed by atoms with Crippen LogP contribution in [0.2, 0.25) is 0 Å². The molecule has 1 saturated carbocycles. The van der Waals surface area contributed by atoms with Crippen LogP contribution in [-0.4, -0.2) is 24.5 Å². The molecular weight excluding hydrogens is 238 g/mol. The highest BCUT2D eigenvalue weighted by Gasteiger charge is 2.64. The molecule has 0 aromatic carbocycles. The first-order valence-electron chi connectivity index (χ1n) is 6.73. The fourth-order valence-electron chi connectivity index (χ4n) is 2.83. The zero-order valence-electron chi connectivity index (χ0n) is 12.4. The summed E-state index contributed by atoms with van der Waals surface area (Å²) in [7, 11) is 1.79. The van der Waals surface area contributed by atoms with Crippen LogP contribution in [0, 0.1) is 16.7 Å². The third-order valence-corrected chi connectivity index (χ3v) is 5.02. The second-order valence-corrected chi connectivity index (χ2v) is 6.36. The predicted octanol–water partition coefficient (Wildman–Crippen LogP) is 2.54. The van der Waals surface area contributed by atoms with Crippen molar-refractivity contribution in [2.45, 2.75) is 27.7 Å². The Kier molecular flexibility index (Phi) is 3.29. The van der Waals surface area contributed by atoms with Crippen molar-refractivity contribution in [1.82, 2.24) is 10.3 Å². The summed E-state index contributed by atoms with van der Waals surface area (Å²) in [6, 6.07) is 5.40. The summed E-state index contributed by atoms with van der Waals surface area (Å²) in [6.45, 7) is 9.73. The fourth-order valence-corrected chi connectivity index (χ4v) is 2.83. The van der Waals surface area contributed by atoms with E-state index in [4.69, 9.17) is 0 Å². The molecule has 2 rings (SSSR count). The minimum absolute atomic E-state index is 0.101. The Morgan fingerprint density at radius 2 is 1.89 bits per heavy atom. The number of amides is 1. The number of nitrogens with zero attached hydrogens (tertiary/aromatic N) is 1. The Balaban J connectivity index is 1.96. The Labute approximate surface area is 115 Å². The van der Waals surface area contributed by atoms with Gasteiger partial charge >= 0.3 is 0 Å². The maximum atomic E-state index is 12.1. The molecule has 1 amide bonds. The number of carbonyl (C=O) groups is 1. The van der Waals surface area contributed by atoms with E-state index in [1.165, 1.54) is 0 Å². The fraction of sp³-hybridized carbons (Fsp3) is 0.600. The van der Waals surface area contributed by atoms with E-state index in [1.54, 1.807) is 13.1 Å². The topological polar surface area (TPSA) is 54.0 Å². The van der Waals surface area contributed by atoms with Gasteiger partial charge in [0.2, 0.25) is 0 Å². The van der Waals surface area contributed by atoms with E-state index in [2.05, 4.69) is 43.3 Å². The van der Waals surface area contributed by atoms with Gasteiger partial charge in [0, 0.05) is 13.6 Å². The SMILES string of the molecule is CNc1cccc(C(=O)NCC2C(C)(C)C2(C)C)n1.